The van der Waals surface area contributed by atoms with Crippen LogP contribution in [0.15, 0.2) is 18.2 Å². The molecule has 1 aromatic carbocycles. The van der Waals surface area contributed by atoms with E-state index >= 15 is 0 Å². The van der Waals surface area contributed by atoms with Crippen molar-refractivity contribution in [1.82, 2.24) is 0 Å². The van der Waals surface area contributed by atoms with Crippen LogP contribution in [0.3, 0.4) is 0 Å². The molecule has 0 saturated heterocycles. The number of rotatable bonds is 4. The molecule has 1 N–H and O–H groups in total. The van der Waals surface area contributed by atoms with Crippen LogP contribution in [0.2, 0.25) is 5.02 Å². The Labute approximate surface area is 94.9 Å². The Morgan fingerprint density at radius 3 is 2.67 bits per heavy atom. The van der Waals surface area contributed by atoms with Crippen LogP contribution < -0.4 is 0 Å². The molecule has 1 rings (SSSR count). The zero-order valence-electron chi connectivity index (χ0n) is 9.06. The molecule has 0 heterocycles. The second-order valence-corrected chi connectivity index (χ2v) is 4.62. The zero-order valence-corrected chi connectivity index (χ0v) is 9.81. The molecule has 0 saturated carbocycles. The lowest BCUT2D eigenvalue weighted by Gasteiger charge is -2.25. The SMILES string of the molecule is CCC(C)(CO)Cc1cccc(Cl)c1F. The van der Waals surface area contributed by atoms with Gasteiger partial charge in [0.1, 0.15) is 5.82 Å². The fourth-order valence-corrected chi connectivity index (χ4v) is 1.63. The van der Waals surface area contributed by atoms with Crippen LogP contribution in [-0.4, -0.2) is 11.7 Å². The molecule has 84 valence electrons. The van der Waals surface area contributed by atoms with E-state index in [-0.39, 0.29) is 22.9 Å². The van der Waals surface area contributed by atoms with Crippen molar-refractivity contribution in [1.29, 1.82) is 0 Å². The van der Waals surface area contributed by atoms with E-state index in [1.54, 1.807) is 12.1 Å². The molecule has 1 unspecified atom stereocenters. The Bertz CT molecular complexity index is 334. The molecule has 0 radical (unpaired) electrons. The predicted octanol–water partition coefficient (Wildman–Crippen LogP) is 3.43. The Hall–Kier alpha value is -0.600. The summed E-state index contributed by atoms with van der Waals surface area (Å²) in [5.74, 6) is -0.368. The molecule has 0 fully saturated rings. The van der Waals surface area contributed by atoms with E-state index in [0.29, 0.717) is 12.0 Å². The Morgan fingerprint density at radius 1 is 1.47 bits per heavy atom. The van der Waals surface area contributed by atoms with Crippen LogP contribution in [-0.2, 0) is 6.42 Å². The van der Waals surface area contributed by atoms with Gasteiger partial charge in [0.15, 0.2) is 0 Å². The van der Waals surface area contributed by atoms with Crippen molar-refractivity contribution >= 4 is 11.6 Å². The summed E-state index contributed by atoms with van der Waals surface area (Å²) in [7, 11) is 0. The van der Waals surface area contributed by atoms with Crippen LogP contribution in [0.5, 0.6) is 0 Å². The smallest absolute Gasteiger partial charge is 0.144 e. The topological polar surface area (TPSA) is 20.2 Å². The van der Waals surface area contributed by atoms with Crippen LogP contribution in [0.4, 0.5) is 4.39 Å². The summed E-state index contributed by atoms with van der Waals surface area (Å²) in [6.07, 6.45) is 1.31. The number of hydrogen-bond acceptors (Lipinski definition) is 1. The zero-order chi connectivity index (χ0) is 11.5. The molecule has 0 aromatic heterocycles. The van der Waals surface area contributed by atoms with Gasteiger partial charge in [-0.1, -0.05) is 37.6 Å². The monoisotopic (exact) mass is 230 g/mol. The summed E-state index contributed by atoms with van der Waals surface area (Å²) in [6.45, 7) is 3.97. The molecule has 15 heavy (non-hydrogen) atoms. The van der Waals surface area contributed by atoms with Gasteiger partial charge in [0.2, 0.25) is 0 Å². The highest BCUT2D eigenvalue weighted by atomic mass is 35.5. The summed E-state index contributed by atoms with van der Waals surface area (Å²) in [4.78, 5) is 0. The molecule has 1 aromatic rings. The minimum atomic E-state index is -0.368. The van der Waals surface area contributed by atoms with Crippen LogP contribution >= 0.6 is 11.6 Å². The van der Waals surface area contributed by atoms with Gasteiger partial charge in [0.05, 0.1) is 5.02 Å². The van der Waals surface area contributed by atoms with E-state index in [2.05, 4.69) is 0 Å². The molecule has 0 aliphatic rings. The van der Waals surface area contributed by atoms with E-state index in [0.717, 1.165) is 6.42 Å². The van der Waals surface area contributed by atoms with Gasteiger partial charge < -0.3 is 5.11 Å². The Kier molecular flexibility index (Phi) is 4.12. The maximum Gasteiger partial charge on any atom is 0.144 e. The van der Waals surface area contributed by atoms with Gasteiger partial charge in [-0.15, -0.1) is 0 Å². The first-order chi connectivity index (χ1) is 7.02. The van der Waals surface area contributed by atoms with E-state index in [1.807, 2.05) is 13.8 Å². The quantitative estimate of drug-likeness (QED) is 0.840. The number of halogens is 2. The van der Waals surface area contributed by atoms with Crippen molar-refractivity contribution in [3.63, 3.8) is 0 Å². The van der Waals surface area contributed by atoms with E-state index < -0.39 is 0 Å². The molecule has 0 aliphatic heterocycles. The molecule has 0 amide bonds. The van der Waals surface area contributed by atoms with Gasteiger partial charge in [-0.2, -0.15) is 0 Å². The fourth-order valence-electron chi connectivity index (χ4n) is 1.44. The van der Waals surface area contributed by atoms with Gasteiger partial charge in [-0.3, -0.25) is 0 Å². The largest absolute Gasteiger partial charge is 0.396 e. The Morgan fingerprint density at radius 2 is 2.13 bits per heavy atom. The standard InChI is InChI=1S/C12H16ClFO/c1-3-12(2,8-15)7-9-5-4-6-10(13)11(9)14/h4-6,15H,3,7-8H2,1-2H3. The van der Waals surface area contributed by atoms with Crippen molar-refractivity contribution in [2.75, 3.05) is 6.61 Å². The summed E-state index contributed by atoms with van der Waals surface area (Å²) in [5, 5.41) is 9.39. The third-order valence-electron chi connectivity index (χ3n) is 2.88. The van der Waals surface area contributed by atoms with Crippen molar-refractivity contribution in [3.8, 4) is 0 Å². The third-order valence-corrected chi connectivity index (χ3v) is 3.18. The molecule has 1 atom stereocenters. The second kappa shape index (κ2) is 4.95. The molecule has 3 heteroatoms. The first kappa shape index (κ1) is 12.5. The minimum absolute atomic E-state index is 0.0510. The number of aliphatic hydroxyl groups is 1. The Balaban J connectivity index is 2.94. The second-order valence-electron chi connectivity index (χ2n) is 4.21. The van der Waals surface area contributed by atoms with Crippen LogP contribution in [0, 0.1) is 11.2 Å². The lowest BCUT2D eigenvalue weighted by atomic mass is 9.82. The normalized spacial score (nSPS) is 15.0. The van der Waals surface area contributed by atoms with Gasteiger partial charge >= 0.3 is 0 Å². The van der Waals surface area contributed by atoms with Crippen LogP contribution in [0.25, 0.3) is 0 Å². The highest BCUT2D eigenvalue weighted by molar-refractivity contribution is 6.30. The molecule has 0 aliphatic carbocycles. The van der Waals surface area contributed by atoms with E-state index in [1.165, 1.54) is 6.07 Å². The molecule has 1 nitrogen and oxygen atoms in total. The molecular formula is C12H16ClFO. The number of aliphatic hydroxyl groups excluding tert-OH is 1. The number of hydrogen-bond donors (Lipinski definition) is 1. The lowest BCUT2D eigenvalue weighted by Crippen LogP contribution is -2.23. The minimum Gasteiger partial charge on any atom is -0.396 e. The van der Waals surface area contributed by atoms with E-state index in [9.17, 15) is 9.50 Å². The van der Waals surface area contributed by atoms with Gasteiger partial charge in [-0.25, -0.2) is 4.39 Å². The molecule has 0 bridgehead atoms. The van der Waals surface area contributed by atoms with Crippen molar-refractivity contribution in [2.24, 2.45) is 5.41 Å². The molecule has 0 spiro atoms. The summed E-state index contributed by atoms with van der Waals surface area (Å²) in [6, 6.07) is 4.97. The maximum absolute atomic E-state index is 13.6. The van der Waals surface area contributed by atoms with Crippen molar-refractivity contribution < 1.29 is 9.50 Å². The first-order valence-electron chi connectivity index (χ1n) is 5.06. The summed E-state index contributed by atoms with van der Waals surface area (Å²) < 4.78 is 13.6. The maximum atomic E-state index is 13.6. The highest BCUT2D eigenvalue weighted by Gasteiger charge is 2.23. The number of benzene rings is 1. The van der Waals surface area contributed by atoms with E-state index in [4.69, 9.17) is 11.6 Å². The van der Waals surface area contributed by atoms with Gasteiger partial charge in [0, 0.05) is 6.61 Å². The van der Waals surface area contributed by atoms with Crippen molar-refractivity contribution in [3.05, 3.63) is 34.6 Å². The van der Waals surface area contributed by atoms with Gasteiger partial charge in [-0.05, 0) is 29.9 Å². The average molecular weight is 231 g/mol. The molecular weight excluding hydrogens is 215 g/mol. The van der Waals surface area contributed by atoms with Crippen LogP contribution in [0.1, 0.15) is 25.8 Å². The van der Waals surface area contributed by atoms with Crippen molar-refractivity contribution in [2.45, 2.75) is 26.7 Å². The third kappa shape index (κ3) is 2.93. The average Bonchev–Trinajstić information content (AvgIpc) is 2.25. The highest BCUT2D eigenvalue weighted by Crippen LogP contribution is 2.28. The fraction of sp³-hybridized carbons (Fsp3) is 0.500. The summed E-state index contributed by atoms with van der Waals surface area (Å²) >= 11 is 5.69. The first-order valence-corrected chi connectivity index (χ1v) is 5.44. The van der Waals surface area contributed by atoms with Gasteiger partial charge in [0.25, 0.3) is 0 Å². The lowest BCUT2D eigenvalue weighted by molar-refractivity contribution is 0.137. The summed E-state index contributed by atoms with van der Waals surface area (Å²) in [5.41, 5.74) is 0.298. The predicted molar refractivity (Wildman–Crippen MR) is 60.6 cm³/mol.